The zero-order valence-electron chi connectivity index (χ0n) is 14.1. The Balaban J connectivity index is 1.59. The van der Waals surface area contributed by atoms with Crippen LogP contribution in [0, 0.1) is 6.92 Å². The quantitative estimate of drug-likeness (QED) is 0.872. The lowest BCUT2D eigenvalue weighted by atomic mass is 10.3. The number of hydrogen-bond acceptors (Lipinski definition) is 6. The van der Waals surface area contributed by atoms with Crippen molar-refractivity contribution in [3.8, 4) is 0 Å². The fourth-order valence-corrected chi connectivity index (χ4v) is 2.75. The van der Waals surface area contributed by atoms with Gasteiger partial charge >= 0.3 is 0 Å². The Morgan fingerprint density at radius 1 is 1.25 bits per heavy atom. The van der Waals surface area contributed by atoms with Crippen molar-refractivity contribution in [3.63, 3.8) is 0 Å². The summed E-state index contributed by atoms with van der Waals surface area (Å²) < 4.78 is 1.65. The first-order chi connectivity index (χ1) is 11.7. The SMILES string of the molecule is CCNc1cc(C)nc(N2CCN(C(=O)Cn3cccn3)CC2)n1. The van der Waals surface area contributed by atoms with Gasteiger partial charge in [-0.05, 0) is 19.9 Å². The molecule has 0 aliphatic carbocycles. The van der Waals surface area contributed by atoms with Gasteiger partial charge in [-0.2, -0.15) is 10.1 Å². The molecule has 24 heavy (non-hydrogen) atoms. The first kappa shape index (κ1) is 16.2. The maximum Gasteiger partial charge on any atom is 0.244 e. The molecule has 8 heteroatoms. The molecule has 0 aromatic carbocycles. The maximum absolute atomic E-state index is 12.3. The fourth-order valence-electron chi connectivity index (χ4n) is 2.75. The summed E-state index contributed by atoms with van der Waals surface area (Å²) in [6.07, 6.45) is 3.49. The average molecular weight is 329 g/mol. The summed E-state index contributed by atoms with van der Waals surface area (Å²) in [7, 11) is 0. The van der Waals surface area contributed by atoms with E-state index in [-0.39, 0.29) is 5.91 Å². The van der Waals surface area contributed by atoms with Crippen molar-refractivity contribution in [1.29, 1.82) is 0 Å². The highest BCUT2D eigenvalue weighted by Gasteiger charge is 2.23. The largest absolute Gasteiger partial charge is 0.370 e. The van der Waals surface area contributed by atoms with Gasteiger partial charge in [0, 0.05) is 56.9 Å². The first-order valence-corrected chi connectivity index (χ1v) is 8.25. The molecule has 3 rings (SSSR count). The molecule has 2 aromatic rings. The number of hydrogen-bond donors (Lipinski definition) is 1. The van der Waals surface area contributed by atoms with Crippen LogP contribution < -0.4 is 10.2 Å². The molecule has 1 aliphatic rings. The van der Waals surface area contributed by atoms with Crippen LogP contribution in [0.15, 0.2) is 24.5 Å². The number of piperazine rings is 1. The monoisotopic (exact) mass is 329 g/mol. The van der Waals surface area contributed by atoms with Crippen LogP contribution in [0.2, 0.25) is 0 Å². The lowest BCUT2D eigenvalue weighted by molar-refractivity contribution is -0.132. The second-order valence-electron chi connectivity index (χ2n) is 5.80. The average Bonchev–Trinajstić information content (AvgIpc) is 3.08. The molecule has 1 aliphatic heterocycles. The van der Waals surface area contributed by atoms with Crippen LogP contribution in [-0.4, -0.2) is 63.3 Å². The van der Waals surface area contributed by atoms with Crippen LogP contribution in [0.5, 0.6) is 0 Å². The van der Waals surface area contributed by atoms with Crippen LogP contribution in [0.4, 0.5) is 11.8 Å². The minimum atomic E-state index is 0.0943. The highest BCUT2D eigenvalue weighted by atomic mass is 16.2. The molecule has 1 amide bonds. The Bertz CT molecular complexity index is 678. The number of aromatic nitrogens is 4. The molecule has 1 saturated heterocycles. The maximum atomic E-state index is 12.3. The number of amides is 1. The van der Waals surface area contributed by atoms with Crippen molar-refractivity contribution >= 4 is 17.7 Å². The number of rotatable bonds is 5. The van der Waals surface area contributed by atoms with Crippen LogP contribution in [0.1, 0.15) is 12.6 Å². The highest BCUT2D eigenvalue weighted by molar-refractivity contribution is 5.76. The zero-order chi connectivity index (χ0) is 16.9. The van der Waals surface area contributed by atoms with E-state index < -0.39 is 0 Å². The van der Waals surface area contributed by atoms with Crippen molar-refractivity contribution in [1.82, 2.24) is 24.6 Å². The summed E-state index contributed by atoms with van der Waals surface area (Å²) in [4.78, 5) is 25.4. The number of aryl methyl sites for hydroxylation is 1. The van der Waals surface area contributed by atoms with E-state index in [4.69, 9.17) is 0 Å². The van der Waals surface area contributed by atoms with Crippen molar-refractivity contribution in [3.05, 3.63) is 30.2 Å². The summed E-state index contributed by atoms with van der Waals surface area (Å²) in [6, 6.07) is 3.76. The molecule has 128 valence electrons. The Labute approximate surface area is 141 Å². The van der Waals surface area contributed by atoms with Gasteiger partial charge in [0.1, 0.15) is 12.4 Å². The van der Waals surface area contributed by atoms with Gasteiger partial charge in [0.25, 0.3) is 0 Å². The third-order valence-corrected chi connectivity index (χ3v) is 3.97. The molecule has 8 nitrogen and oxygen atoms in total. The van der Waals surface area contributed by atoms with E-state index in [1.165, 1.54) is 0 Å². The van der Waals surface area contributed by atoms with Gasteiger partial charge in [-0.1, -0.05) is 0 Å². The van der Waals surface area contributed by atoms with E-state index in [0.717, 1.165) is 37.1 Å². The third kappa shape index (κ3) is 3.81. The molecule has 3 heterocycles. The van der Waals surface area contributed by atoms with Gasteiger partial charge in [0.15, 0.2) is 0 Å². The summed E-state index contributed by atoms with van der Waals surface area (Å²) in [5.41, 5.74) is 0.938. The van der Waals surface area contributed by atoms with E-state index in [2.05, 4.69) is 25.3 Å². The normalized spacial score (nSPS) is 14.8. The summed E-state index contributed by atoms with van der Waals surface area (Å²) in [5.74, 6) is 1.67. The molecule has 0 unspecified atom stereocenters. The van der Waals surface area contributed by atoms with E-state index in [1.807, 2.05) is 30.9 Å². The van der Waals surface area contributed by atoms with Gasteiger partial charge < -0.3 is 15.1 Å². The van der Waals surface area contributed by atoms with Crippen molar-refractivity contribution in [2.75, 3.05) is 42.9 Å². The number of anilines is 2. The molecule has 0 saturated carbocycles. The Hall–Kier alpha value is -2.64. The van der Waals surface area contributed by atoms with Crippen LogP contribution in [0.3, 0.4) is 0 Å². The summed E-state index contributed by atoms with van der Waals surface area (Å²) >= 11 is 0. The van der Waals surface area contributed by atoms with E-state index >= 15 is 0 Å². The van der Waals surface area contributed by atoms with E-state index in [9.17, 15) is 4.79 Å². The minimum Gasteiger partial charge on any atom is -0.370 e. The number of nitrogens with zero attached hydrogens (tertiary/aromatic N) is 6. The Morgan fingerprint density at radius 2 is 2.04 bits per heavy atom. The number of carbonyl (C=O) groups excluding carboxylic acids is 1. The zero-order valence-corrected chi connectivity index (χ0v) is 14.1. The predicted molar refractivity (Wildman–Crippen MR) is 92.0 cm³/mol. The Morgan fingerprint density at radius 3 is 2.71 bits per heavy atom. The van der Waals surface area contributed by atoms with Gasteiger partial charge in [-0.3, -0.25) is 9.48 Å². The molecular formula is C16H23N7O. The molecule has 1 N–H and O–H groups in total. The lowest BCUT2D eigenvalue weighted by Gasteiger charge is -2.35. The van der Waals surface area contributed by atoms with Crippen molar-refractivity contribution < 1.29 is 4.79 Å². The smallest absolute Gasteiger partial charge is 0.244 e. The third-order valence-electron chi connectivity index (χ3n) is 3.97. The lowest BCUT2D eigenvalue weighted by Crippen LogP contribution is -2.50. The van der Waals surface area contributed by atoms with Crippen LogP contribution in [-0.2, 0) is 11.3 Å². The molecule has 0 atom stereocenters. The molecule has 0 spiro atoms. The summed E-state index contributed by atoms with van der Waals surface area (Å²) in [5, 5.41) is 7.31. The van der Waals surface area contributed by atoms with Crippen LogP contribution >= 0.6 is 0 Å². The minimum absolute atomic E-state index is 0.0943. The van der Waals surface area contributed by atoms with Gasteiger partial charge in [-0.25, -0.2) is 4.98 Å². The fraction of sp³-hybridized carbons (Fsp3) is 0.500. The van der Waals surface area contributed by atoms with Crippen molar-refractivity contribution in [2.24, 2.45) is 0 Å². The Kier molecular flexibility index (Phi) is 4.93. The highest BCUT2D eigenvalue weighted by Crippen LogP contribution is 2.15. The number of carbonyl (C=O) groups is 1. The van der Waals surface area contributed by atoms with Crippen LogP contribution in [0.25, 0.3) is 0 Å². The standard InChI is InChI=1S/C16H23N7O/c1-3-17-14-11-13(2)19-16(20-14)22-9-7-21(8-10-22)15(24)12-23-6-4-5-18-23/h4-6,11H,3,7-10,12H2,1-2H3,(H,17,19,20). The van der Waals surface area contributed by atoms with Crippen molar-refractivity contribution in [2.45, 2.75) is 20.4 Å². The predicted octanol–water partition coefficient (Wildman–Crippen LogP) is 0.762. The molecular weight excluding hydrogens is 306 g/mol. The first-order valence-electron chi connectivity index (χ1n) is 8.25. The topological polar surface area (TPSA) is 79.2 Å². The van der Waals surface area contributed by atoms with E-state index in [1.54, 1.807) is 17.1 Å². The molecule has 2 aromatic heterocycles. The molecule has 0 bridgehead atoms. The van der Waals surface area contributed by atoms with Gasteiger partial charge in [0.05, 0.1) is 0 Å². The van der Waals surface area contributed by atoms with E-state index in [0.29, 0.717) is 19.6 Å². The second kappa shape index (κ2) is 7.29. The summed E-state index contributed by atoms with van der Waals surface area (Å²) in [6.45, 7) is 7.95. The molecule has 1 fully saturated rings. The number of nitrogens with one attached hydrogen (secondary N) is 1. The van der Waals surface area contributed by atoms with Gasteiger partial charge in [0.2, 0.25) is 11.9 Å². The second-order valence-corrected chi connectivity index (χ2v) is 5.80. The van der Waals surface area contributed by atoms with Gasteiger partial charge in [-0.15, -0.1) is 0 Å². The molecule has 0 radical (unpaired) electrons.